The van der Waals surface area contributed by atoms with E-state index in [9.17, 15) is 0 Å². The monoisotopic (exact) mass is 112 g/mol. The van der Waals surface area contributed by atoms with E-state index in [2.05, 4.69) is 13.0 Å². The lowest BCUT2D eigenvalue weighted by Gasteiger charge is -2.05. The molecule has 0 aromatic carbocycles. The Labute approximate surface area is 52.6 Å². The second-order valence-electron chi connectivity index (χ2n) is 2.30. The topological polar surface area (TPSA) is 0 Å². The van der Waals surface area contributed by atoms with Crippen LogP contribution in [0.4, 0.5) is 0 Å². The molecule has 0 atom stereocenters. The van der Waals surface area contributed by atoms with Gasteiger partial charge in [0.1, 0.15) is 0 Å². The third-order valence-corrected chi connectivity index (χ3v) is 1.52. The third-order valence-electron chi connectivity index (χ3n) is 1.52. The minimum atomic E-state index is 0. The van der Waals surface area contributed by atoms with Gasteiger partial charge in [0.25, 0.3) is 0 Å². The van der Waals surface area contributed by atoms with Crippen molar-refractivity contribution in [2.45, 2.75) is 40.0 Å². The Morgan fingerprint density at radius 2 is 2.12 bits per heavy atom. The third kappa shape index (κ3) is 2.15. The molecule has 0 saturated heterocycles. The summed E-state index contributed by atoms with van der Waals surface area (Å²) in [5, 5.41) is 0. The summed E-state index contributed by atoms with van der Waals surface area (Å²) >= 11 is 0. The Hall–Kier alpha value is -0.260. The molecule has 1 rings (SSSR count). The van der Waals surface area contributed by atoms with Crippen molar-refractivity contribution in [3.63, 3.8) is 0 Å². The fraction of sp³-hybridized carbons (Fsp3) is 0.750. The quantitative estimate of drug-likeness (QED) is 0.422. The summed E-state index contributed by atoms with van der Waals surface area (Å²) in [5.74, 6) is 0. The summed E-state index contributed by atoms with van der Waals surface area (Å²) in [6.45, 7) is 2.22. The molecular formula is C8H16. The van der Waals surface area contributed by atoms with Crippen molar-refractivity contribution < 1.29 is 0 Å². The molecule has 8 heavy (non-hydrogen) atoms. The maximum absolute atomic E-state index is 2.35. The minimum absolute atomic E-state index is 0. The van der Waals surface area contributed by atoms with Crippen LogP contribution in [0.1, 0.15) is 40.0 Å². The Morgan fingerprint density at radius 3 is 2.38 bits per heavy atom. The lowest BCUT2D eigenvalue weighted by Crippen LogP contribution is -1.85. The first-order valence-corrected chi connectivity index (χ1v) is 3.05. The van der Waals surface area contributed by atoms with Crippen LogP contribution in [0.15, 0.2) is 11.6 Å². The van der Waals surface area contributed by atoms with Crippen LogP contribution in [0, 0.1) is 0 Å². The van der Waals surface area contributed by atoms with E-state index in [1.54, 1.807) is 5.57 Å². The Balaban J connectivity index is 0.000000490. The highest BCUT2D eigenvalue weighted by atomic mass is 14.0. The van der Waals surface area contributed by atoms with Gasteiger partial charge in [-0.25, -0.2) is 0 Å². The van der Waals surface area contributed by atoms with Gasteiger partial charge in [0.2, 0.25) is 0 Å². The van der Waals surface area contributed by atoms with Gasteiger partial charge in [-0.05, 0) is 32.6 Å². The Morgan fingerprint density at radius 1 is 1.38 bits per heavy atom. The van der Waals surface area contributed by atoms with E-state index in [-0.39, 0.29) is 7.43 Å². The molecule has 0 nitrogen and oxygen atoms in total. The van der Waals surface area contributed by atoms with E-state index < -0.39 is 0 Å². The van der Waals surface area contributed by atoms with Gasteiger partial charge < -0.3 is 0 Å². The van der Waals surface area contributed by atoms with E-state index in [1.165, 1.54) is 25.7 Å². The SMILES string of the molecule is C.CC1=CCCCC1. The van der Waals surface area contributed by atoms with Gasteiger partial charge in [-0.15, -0.1) is 0 Å². The maximum Gasteiger partial charge on any atom is -0.0323 e. The number of hydrogen-bond donors (Lipinski definition) is 0. The van der Waals surface area contributed by atoms with Crippen LogP contribution in [-0.2, 0) is 0 Å². The largest absolute Gasteiger partial charge is 0.0856 e. The molecule has 0 fully saturated rings. The minimum Gasteiger partial charge on any atom is -0.0856 e. The molecule has 0 amide bonds. The highest BCUT2D eigenvalue weighted by Crippen LogP contribution is 2.15. The predicted octanol–water partition coefficient (Wildman–Crippen LogP) is 3.14. The highest BCUT2D eigenvalue weighted by Gasteiger charge is 1.95. The molecule has 0 aliphatic heterocycles. The van der Waals surface area contributed by atoms with Crippen molar-refractivity contribution in [1.82, 2.24) is 0 Å². The summed E-state index contributed by atoms with van der Waals surface area (Å²) < 4.78 is 0. The van der Waals surface area contributed by atoms with Crippen molar-refractivity contribution in [2.75, 3.05) is 0 Å². The summed E-state index contributed by atoms with van der Waals surface area (Å²) in [4.78, 5) is 0. The zero-order valence-electron chi connectivity index (χ0n) is 4.91. The fourth-order valence-electron chi connectivity index (χ4n) is 0.999. The van der Waals surface area contributed by atoms with Gasteiger partial charge in [-0.2, -0.15) is 0 Å². The van der Waals surface area contributed by atoms with Crippen molar-refractivity contribution in [3.05, 3.63) is 11.6 Å². The Kier molecular flexibility index (Phi) is 3.59. The van der Waals surface area contributed by atoms with E-state index in [0.29, 0.717) is 0 Å². The van der Waals surface area contributed by atoms with Crippen LogP contribution >= 0.6 is 0 Å². The summed E-state index contributed by atoms with van der Waals surface area (Å²) in [5.41, 5.74) is 1.59. The lowest BCUT2D eigenvalue weighted by molar-refractivity contribution is 0.702. The molecule has 0 aromatic heterocycles. The zero-order valence-corrected chi connectivity index (χ0v) is 4.91. The molecule has 0 bridgehead atoms. The average Bonchev–Trinajstić information content (AvgIpc) is 1.69. The molecule has 0 N–H and O–H groups in total. The van der Waals surface area contributed by atoms with Crippen molar-refractivity contribution in [2.24, 2.45) is 0 Å². The van der Waals surface area contributed by atoms with Crippen LogP contribution in [0.5, 0.6) is 0 Å². The number of hydrogen-bond acceptors (Lipinski definition) is 0. The summed E-state index contributed by atoms with van der Waals surface area (Å²) in [6.07, 6.45) is 7.86. The summed E-state index contributed by atoms with van der Waals surface area (Å²) in [7, 11) is 0. The van der Waals surface area contributed by atoms with Gasteiger partial charge in [-0.3, -0.25) is 0 Å². The van der Waals surface area contributed by atoms with E-state index in [1.807, 2.05) is 0 Å². The molecule has 1 aliphatic carbocycles. The van der Waals surface area contributed by atoms with Crippen LogP contribution in [-0.4, -0.2) is 0 Å². The van der Waals surface area contributed by atoms with Crippen molar-refractivity contribution in [1.29, 1.82) is 0 Å². The van der Waals surface area contributed by atoms with E-state index in [4.69, 9.17) is 0 Å². The van der Waals surface area contributed by atoms with Crippen LogP contribution in [0.3, 0.4) is 0 Å². The van der Waals surface area contributed by atoms with Crippen molar-refractivity contribution >= 4 is 0 Å². The average molecular weight is 112 g/mol. The molecule has 0 spiro atoms. The lowest BCUT2D eigenvalue weighted by atomic mass is 10.0. The number of rotatable bonds is 0. The molecule has 1 aliphatic rings. The smallest absolute Gasteiger partial charge is 0.0323 e. The molecule has 0 heterocycles. The molecule has 0 saturated carbocycles. The first-order valence-electron chi connectivity index (χ1n) is 3.05. The fourth-order valence-corrected chi connectivity index (χ4v) is 0.999. The standard InChI is InChI=1S/C7H12.CH4/c1-7-5-3-2-4-6-7;/h5H,2-4,6H2,1H3;1H4. The molecule has 0 radical (unpaired) electrons. The second-order valence-corrected chi connectivity index (χ2v) is 2.30. The highest BCUT2D eigenvalue weighted by molar-refractivity contribution is 5.00. The van der Waals surface area contributed by atoms with Gasteiger partial charge >= 0.3 is 0 Å². The van der Waals surface area contributed by atoms with Crippen LogP contribution < -0.4 is 0 Å². The van der Waals surface area contributed by atoms with Crippen LogP contribution in [0.2, 0.25) is 0 Å². The molecule has 0 heteroatoms. The first-order chi connectivity index (χ1) is 3.39. The molecule has 48 valence electrons. The molecule has 0 unspecified atom stereocenters. The van der Waals surface area contributed by atoms with Gasteiger partial charge in [0.15, 0.2) is 0 Å². The molecular weight excluding hydrogens is 96.1 g/mol. The van der Waals surface area contributed by atoms with Crippen LogP contribution in [0.25, 0.3) is 0 Å². The van der Waals surface area contributed by atoms with Gasteiger partial charge in [0.05, 0.1) is 0 Å². The molecule has 0 aromatic rings. The van der Waals surface area contributed by atoms with Gasteiger partial charge in [0, 0.05) is 0 Å². The van der Waals surface area contributed by atoms with E-state index in [0.717, 1.165) is 0 Å². The summed E-state index contributed by atoms with van der Waals surface area (Å²) in [6, 6.07) is 0. The Bertz CT molecular complexity index is 80.0. The van der Waals surface area contributed by atoms with E-state index >= 15 is 0 Å². The van der Waals surface area contributed by atoms with Crippen molar-refractivity contribution in [3.8, 4) is 0 Å². The zero-order chi connectivity index (χ0) is 5.11. The second kappa shape index (κ2) is 3.71. The first kappa shape index (κ1) is 7.74. The maximum atomic E-state index is 2.35. The normalized spacial score (nSPS) is 18.9. The number of allylic oxidation sites excluding steroid dienone is 2. The van der Waals surface area contributed by atoms with Gasteiger partial charge in [-0.1, -0.05) is 19.1 Å². The predicted molar refractivity (Wildman–Crippen MR) is 39.0 cm³/mol.